The monoisotopic (exact) mass is 383 g/mol. The van der Waals surface area contributed by atoms with E-state index in [1.54, 1.807) is 30.5 Å². The van der Waals surface area contributed by atoms with Crippen LogP contribution in [0.5, 0.6) is 0 Å². The maximum Gasteiger partial charge on any atom is 0.274 e. The van der Waals surface area contributed by atoms with Gasteiger partial charge in [-0.05, 0) is 37.3 Å². The smallest absolute Gasteiger partial charge is 0.274 e. The van der Waals surface area contributed by atoms with Crippen LogP contribution in [-0.4, -0.2) is 26.6 Å². The molecule has 2 heterocycles. The first-order valence-electron chi connectivity index (χ1n) is 8.96. The molecule has 2 aromatic carbocycles. The molecule has 0 aliphatic carbocycles. The number of pyridine rings is 1. The molecule has 2 N–H and O–H groups in total. The summed E-state index contributed by atoms with van der Waals surface area (Å²) in [6, 6.07) is 17.9. The van der Waals surface area contributed by atoms with Crippen LogP contribution >= 0.6 is 0 Å². The second kappa shape index (κ2) is 7.85. The molecule has 0 radical (unpaired) electrons. The minimum absolute atomic E-state index is 0.0710. The lowest BCUT2D eigenvalue weighted by atomic mass is 10.1. The molecule has 0 unspecified atom stereocenters. The number of aromatic nitrogens is 3. The van der Waals surface area contributed by atoms with Crippen molar-refractivity contribution in [2.75, 3.05) is 10.6 Å². The van der Waals surface area contributed by atoms with Crippen LogP contribution < -0.4 is 10.6 Å². The average Bonchev–Trinajstić information content (AvgIpc) is 2.74. The maximum absolute atomic E-state index is 12.6. The summed E-state index contributed by atoms with van der Waals surface area (Å²) in [7, 11) is 0. The number of hydrogen-bond donors (Lipinski definition) is 2. The number of benzene rings is 2. The van der Waals surface area contributed by atoms with E-state index >= 15 is 0 Å². The zero-order chi connectivity index (χ0) is 20.2. The molecule has 1 amide bonds. The Morgan fingerprint density at radius 2 is 1.72 bits per heavy atom. The third kappa shape index (κ3) is 4.08. The Hall–Kier alpha value is -4.13. The van der Waals surface area contributed by atoms with Gasteiger partial charge in [-0.15, -0.1) is 0 Å². The fourth-order valence-electron chi connectivity index (χ4n) is 2.88. The Labute approximate surface area is 166 Å². The first kappa shape index (κ1) is 18.2. The van der Waals surface area contributed by atoms with E-state index in [0.717, 1.165) is 16.6 Å². The van der Waals surface area contributed by atoms with Crippen molar-refractivity contribution in [1.82, 2.24) is 15.0 Å². The number of ketones is 1. The molecule has 0 bridgehead atoms. The standard InChI is InChI=1S/C22H17N5O2/c1-14(28)16-6-2-8-17(13-16)25-21(29)19-10-12-24-22(27-19)26-18-9-3-5-15-7-4-11-23-20(15)18/h2-13H,1H3,(H,25,29)(H,24,26,27). The second-order valence-corrected chi connectivity index (χ2v) is 6.36. The van der Waals surface area contributed by atoms with Gasteiger partial charge in [-0.2, -0.15) is 0 Å². The van der Waals surface area contributed by atoms with Crippen molar-refractivity contribution in [3.05, 3.63) is 84.3 Å². The minimum atomic E-state index is -0.396. The second-order valence-electron chi connectivity index (χ2n) is 6.36. The largest absolute Gasteiger partial charge is 0.322 e. The Bertz CT molecular complexity index is 1220. The number of carbonyl (C=O) groups is 2. The summed E-state index contributed by atoms with van der Waals surface area (Å²) >= 11 is 0. The molecular weight excluding hydrogens is 366 g/mol. The zero-order valence-corrected chi connectivity index (χ0v) is 15.6. The van der Waals surface area contributed by atoms with Crippen LogP contribution in [0.1, 0.15) is 27.8 Å². The fraction of sp³-hybridized carbons (Fsp3) is 0.0455. The average molecular weight is 383 g/mol. The van der Waals surface area contributed by atoms with Gasteiger partial charge in [-0.25, -0.2) is 9.97 Å². The van der Waals surface area contributed by atoms with Crippen molar-refractivity contribution in [3.8, 4) is 0 Å². The van der Waals surface area contributed by atoms with Gasteiger partial charge in [0, 0.05) is 29.0 Å². The summed E-state index contributed by atoms with van der Waals surface area (Å²) in [6.45, 7) is 1.48. The molecule has 0 fully saturated rings. The van der Waals surface area contributed by atoms with Crippen LogP contribution in [0.3, 0.4) is 0 Å². The Morgan fingerprint density at radius 3 is 2.59 bits per heavy atom. The van der Waals surface area contributed by atoms with Gasteiger partial charge in [0.25, 0.3) is 5.91 Å². The van der Waals surface area contributed by atoms with Crippen LogP contribution in [0.2, 0.25) is 0 Å². The molecule has 29 heavy (non-hydrogen) atoms. The van der Waals surface area contributed by atoms with Crippen molar-refractivity contribution < 1.29 is 9.59 Å². The predicted molar refractivity (Wildman–Crippen MR) is 111 cm³/mol. The molecule has 0 saturated heterocycles. The van der Waals surface area contributed by atoms with Crippen molar-refractivity contribution in [2.45, 2.75) is 6.92 Å². The van der Waals surface area contributed by atoms with E-state index in [0.29, 0.717) is 11.3 Å². The Morgan fingerprint density at radius 1 is 0.897 bits per heavy atom. The number of para-hydroxylation sites is 1. The molecule has 4 rings (SSSR count). The number of anilines is 3. The molecule has 0 spiro atoms. The fourth-order valence-corrected chi connectivity index (χ4v) is 2.88. The van der Waals surface area contributed by atoms with Gasteiger partial charge < -0.3 is 10.6 Å². The van der Waals surface area contributed by atoms with E-state index in [9.17, 15) is 9.59 Å². The molecule has 142 valence electrons. The topological polar surface area (TPSA) is 96.9 Å². The van der Waals surface area contributed by atoms with E-state index in [1.807, 2.05) is 30.3 Å². The molecule has 2 aromatic heterocycles. The van der Waals surface area contributed by atoms with E-state index in [1.165, 1.54) is 19.2 Å². The van der Waals surface area contributed by atoms with Gasteiger partial charge in [0.05, 0.1) is 11.2 Å². The normalized spacial score (nSPS) is 10.5. The number of fused-ring (bicyclic) bond motifs is 1. The molecule has 0 aliphatic rings. The summed E-state index contributed by atoms with van der Waals surface area (Å²) in [6.07, 6.45) is 3.22. The molecule has 0 atom stereocenters. The molecule has 7 heteroatoms. The van der Waals surface area contributed by atoms with Crippen molar-refractivity contribution in [1.29, 1.82) is 0 Å². The van der Waals surface area contributed by atoms with Crippen LogP contribution in [0.4, 0.5) is 17.3 Å². The lowest BCUT2D eigenvalue weighted by Crippen LogP contribution is -2.15. The highest BCUT2D eigenvalue weighted by molar-refractivity contribution is 6.04. The van der Waals surface area contributed by atoms with E-state index in [2.05, 4.69) is 25.6 Å². The predicted octanol–water partition coefficient (Wildman–Crippen LogP) is 4.22. The SMILES string of the molecule is CC(=O)c1cccc(NC(=O)c2ccnc(Nc3cccc4cccnc34)n2)c1. The quantitative estimate of drug-likeness (QED) is 0.501. The number of nitrogens with zero attached hydrogens (tertiary/aromatic N) is 3. The Balaban J connectivity index is 1.56. The highest BCUT2D eigenvalue weighted by Crippen LogP contribution is 2.23. The van der Waals surface area contributed by atoms with E-state index < -0.39 is 5.91 Å². The van der Waals surface area contributed by atoms with E-state index in [4.69, 9.17) is 0 Å². The highest BCUT2D eigenvalue weighted by Gasteiger charge is 2.11. The third-order valence-corrected chi connectivity index (χ3v) is 4.29. The number of amides is 1. The summed E-state index contributed by atoms with van der Waals surface area (Å²) in [5.74, 6) is -0.182. The number of Topliss-reactive ketones (excluding diaryl/α,β-unsaturated/α-hetero) is 1. The molecular formula is C22H17N5O2. The zero-order valence-electron chi connectivity index (χ0n) is 15.6. The molecule has 0 aliphatic heterocycles. The Kier molecular flexibility index (Phi) is 4.94. The van der Waals surface area contributed by atoms with Crippen LogP contribution in [0, 0.1) is 0 Å². The van der Waals surface area contributed by atoms with Crippen molar-refractivity contribution in [3.63, 3.8) is 0 Å². The summed E-state index contributed by atoms with van der Waals surface area (Å²) in [4.78, 5) is 37.0. The minimum Gasteiger partial charge on any atom is -0.322 e. The third-order valence-electron chi connectivity index (χ3n) is 4.29. The maximum atomic E-state index is 12.6. The molecule has 4 aromatic rings. The first-order valence-corrected chi connectivity index (χ1v) is 8.96. The highest BCUT2D eigenvalue weighted by atomic mass is 16.2. The van der Waals surface area contributed by atoms with Crippen molar-refractivity contribution >= 4 is 39.9 Å². The number of carbonyl (C=O) groups excluding carboxylic acids is 2. The lowest BCUT2D eigenvalue weighted by Gasteiger charge is -2.09. The van der Waals surface area contributed by atoms with Crippen molar-refractivity contribution in [2.24, 2.45) is 0 Å². The van der Waals surface area contributed by atoms with Gasteiger partial charge in [-0.3, -0.25) is 14.6 Å². The summed E-state index contributed by atoms with van der Waals surface area (Å²) < 4.78 is 0. The van der Waals surface area contributed by atoms with Gasteiger partial charge in [-0.1, -0.05) is 30.3 Å². The van der Waals surface area contributed by atoms with Gasteiger partial charge in [0.15, 0.2) is 5.78 Å². The van der Waals surface area contributed by atoms with Crippen LogP contribution in [0.25, 0.3) is 10.9 Å². The number of rotatable bonds is 5. The summed E-state index contributed by atoms with van der Waals surface area (Å²) in [5, 5.41) is 6.86. The first-order chi connectivity index (χ1) is 14.1. The lowest BCUT2D eigenvalue weighted by molar-refractivity contribution is 0.100. The van der Waals surface area contributed by atoms with Crippen LogP contribution in [0.15, 0.2) is 73.1 Å². The number of hydrogen-bond acceptors (Lipinski definition) is 6. The number of nitrogens with one attached hydrogen (secondary N) is 2. The van der Waals surface area contributed by atoms with Gasteiger partial charge >= 0.3 is 0 Å². The van der Waals surface area contributed by atoms with Gasteiger partial charge in [0.2, 0.25) is 5.95 Å². The summed E-state index contributed by atoms with van der Waals surface area (Å²) in [5.41, 5.74) is 2.78. The molecule has 0 saturated carbocycles. The van der Waals surface area contributed by atoms with Crippen LogP contribution in [-0.2, 0) is 0 Å². The van der Waals surface area contributed by atoms with Gasteiger partial charge in [0.1, 0.15) is 5.69 Å². The molecule has 7 nitrogen and oxygen atoms in total. The van der Waals surface area contributed by atoms with E-state index in [-0.39, 0.29) is 17.4 Å².